The van der Waals surface area contributed by atoms with Crippen molar-refractivity contribution in [2.24, 2.45) is 0 Å². The Kier molecular flexibility index (Phi) is 3.34. The molecule has 0 saturated carbocycles. The molecule has 2 heterocycles. The normalized spacial score (nSPS) is 10.1. The van der Waals surface area contributed by atoms with Crippen LogP contribution in [0.5, 0.6) is 0 Å². The smallest absolute Gasteiger partial charge is 0.305 e. The Morgan fingerprint density at radius 1 is 1.47 bits per heavy atom. The van der Waals surface area contributed by atoms with E-state index in [4.69, 9.17) is 9.52 Å². The highest BCUT2D eigenvalue weighted by molar-refractivity contribution is 5.67. The maximum atomic E-state index is 10.4. The molecule has 0 aromatic carbocycles. The molecule has 0 aliphatic heterocycles. The van der Waals surface area contributed by atoms with Gasteiger partial charge in [0.2, 0.25) is 0 Å². The van der Waals surface area contributed by atoms with Crippen LogP contribution in [0.2, 0.25) is 0 Å². The minimum Gasteiger partial charge on any atom is -0.481 e. The Balaban J connectivity index is 2.04. The monoisotopic (exact) mass is 233 g/mol. The van der Waals surface area contributed by atoms with Gasteiger partial charge in [-0.05, 0) is 6.07 Å². The van der Waals surface area contributed by atoms with Gasteiger partial charge in [-0.2, -0.15) is 0 Å². The molecule has 6 nitrogen and oxygen atoms in total. The molecule has 0 aliphatic carbocycles. The maximum Gasteiger partial charge on any atom is 0.305 e. The number of nitrogens with one attached hydrogen (secondary N) is 1. The number of furan rings is 1. The zero-order valence-electron chi connectivity index (χ0n) is 8.96. The number of aromatic nitrogens is 2. The number of anilines is 1. The van der Waals surface area contributed by atoms with Crippen LogP contribution in [0.15, 0.2) is 35.4 Å². The lowest BCUT2D eigenvalue weighted by Gasteiger charge is -2.04. The third-order valence-electron chi connectivity index (χ3n) is 2.13. The van der Waals surface area contributed by atoms with Crippen LogP contribution in [0.3, 0.4) is 0 Å². The van der Waals surface area contributed by atoms with E-state index in [0.29, 0.717) is 12.4 Å². The summed E-state index contributed by atoms with van der Waals surface area (Å²) in [4.78, 5) is 18.5. The van der Waals surface area contributed by atoms with Crippen LogP contribution in [0.4, 0.5) is 5.82 Å². The maximum absolute atomic E-state index is 10.4. The second kappa shape index (κ2) is 5.11. The molecule has 0 fully saturated rings. The van der Waals surface area contributed by atoms with Crippen LogP contribution >= 0.6 is 0 Å². The first-order chi connectivity index (χ1) is 8.25. The molecule has 17 heavy (non-hydrogen) atoms. The van der Waals surface area contributed by atoms with E-state index in [1.54, 1.807) is 24.7 Å². The summed E-state index contributed by atoms with van der Waals surface area (Å²) in [6.45, 7) is 0.331. The van der Waals surface area contributed by atoms with Gasteiger partial charge in [0.05, 0.1) is 24.6 Å². The lowest BCUT2D eigenvalue weighted by molar-refractivity contribution is -0.136. The summed E-state index contributed by atoms with van der Waals surface area (Å²) in [6.07, 6.45) is 4.62. The summed E-state index contributed by atoms with van der Waals surface area (Å²) in [6, 6.07) is 3.54. The Bertz CT molecular complexity index is 496. The average molecular weight is 233 g/mol. The predicted molar refractivity (Wildman–Crippen MR) is 60.5 cm³/mol. The Morgan fingerprint density at radius 2 is 2.35 bits per heavy atom. The highest BCUT2D eigenvalue weighted by Crippen LogP contribution is 2.18. The van der Waals surface area contributed by atoms with Crippen LogP contribution in [-0.2, 0) is 4.79 Å². The average Bonchev–Trinajstić information content (AvgIpc) is 2.82. The number of carboxylic acids is 1. The quantitative estimate of drug-likeness (QED) is 0.815. The number of nitrogens with zero attached hydrogens (tertiary/aromatic N) is 2. The van der Waals surface area contributed by atoms with Crippen molar-refractivity contribution < 1.29 is 14.3 Å². The second-order valence-electron chi connectivity index (χ2n) is 3.37. The molecular formula is C11H11N3O3. The first-order valence-electron chi connectivity index (χ1n) is 5.06. The van der Waals surface area contributed by atoms with Crippen molar-refractivity contribution in [2.45, 2.75) is 6.42 Å². The van der Waals surface area contributed by atoms with Gasteiger partial charge in [0.15, 0.2) is 0 Å². The van der Waals surface area contributed by atoms with Gasteiger partial charge in [0, 0.05) is 18.2 Å². The zero-order valence-corrected chi connectivity index (χ0v) is 8.96. The van der Waals surface area contributed by atoms with Gasteiger partial charge in [-0.3, -0.25) is 4.79 Å². The largest absolute Gasteiger partial charge is 0.481 e. The summed E-state index contributed by atoms with van der Waals surface area (Å²) >= 11 is 0. The fraction of sp³-hybridized carbons (Fsp3) is 0.182. The van der Waals surface area contributed by atoms with Crippen molar-refractivity contribution >= 4 is 11.8 Å². The summed E-state index contributed by atoms with van der Waals surface area (Å²) in [5, 5.41) is 11.4. The Morgan fingerprint density at radius 3 is 3.06 bits per heavy atom. The fourth-order valence-electron chi connectivity index (χ4n) is 1.32. The molecule has 2 aromatic rings. The lowest BCUT2D eigenvalue weighted by atomic mass is 10.2. The molecule has 2 aromatic heterocycles. The van der Waals surface area contributed by atoms with E-state index in [1.807, 2.05) is 0 Å². The molecule has 0 bridgehead atoms. The summed E-state index contributed by atoms with van der Waals surface area (Å²) in [5.74, 6) is -0.251. The van der Waals surface area contributed by atoms with E-state index >= 15 is 0 Å². The van der Waals surface area contributed by atoms with E-state index in [9.17, 15) is 4.79 Å². The van der Waals surface area contributed by atoms with E-state index in [1.165, 1.54) is 6.33 Å². The number of hydrogen-bond donors (Lipinski definition) is 2. The van der Waals surface area contributed by atoms with Crippen molar-refractivity contribution in [3.63, 3.8) is 0 Å². The number of rotatable bonds is 5. The standard InChI is InChI=1S/C11H11N3O3/c15-11(16)1-3-12-10-5-9(13-7-14-10)8-2-4-17-6-8/h2,4-7H,1,3H2,(H,15,16)(H,12,13,14). The molecule has 2 rings (SSSR count). The van der Waals surface area contributed by atoms with Gasteiger partial charge in [0.25, 0.3) is 0 Å². The Labute approximate surface area is 97.3 Å². The van der Waals surface area contributed by atoms with Crippen molar-refractivity contribution in [1.29, 1.82) is 0 Å². The third-order valence-corrected chi connectivity index (χ3v) is 2.13. The van der Waals surface area contributed by atoms with Crippen LogP contribution in [0.25, 0.3) is 11.3 Å². The van der Waals surface area contributed by atoms with E-state index < -0.39 is 5.97 Å². The van der Waals surface area contributed by atoms with Gasteiger partial charge in [-0.1, -0.05) is 0 Å². The molecule has 0 atom stereocenters. The van der Waals surface area contributed by atoms with Crippen LogP contribution in [0, 0.1) is 0 Å². The molecule has 0 unspecified atom stereocenters. The van der Waals surface area contributed by atoms with Gasteiger partial charge in [0.1, 0.15) is 12.1 Å². The molecule has 88 valence electrons. The van der Waals surface area contributed by atoms with Crippen molar-refractivity contribution in [1.82, 2.24) is 9.97 Å². The van der Waals surface area contributed by atoms with Crippen LogP contribution < -0.4 is 5.32 Å². The minimum atomic E-state index is -0.846. The second-order valence-corrected chi connectivity index (χ2v) is 3.37. The van der Waals surface area contributed by atoms with Gasteiger partial charge in [-0.15, -0.1) is 0 Å². The van der Waals surface area contributed by atoms with Crippen molar-refractivity contribution in [3.05, 3.63) is 31.0 Å². The van der Waals surface area contributed by atoms with Gasteiger partial charge >= 0.3 is 5.97 Å². The summed E-state index contributed by atoms with van der Waals surface area (Å²) < 4.78 is 4.96. The SMILES string of the molecule is O=C(O)CCNc1cc(-c2ccoc2)ncn1. The van der Waals surface area contributed by atoms with Gasteiger partial charge in [-0.25, -0.2) is 9.97 Å². The van der Waals surface area contributed by atoms with Crippen LogP contribution in [-0.4, -0.2) is 27.6 Å². The molecule has 0 saturated heterocycles. The van der Waals surface area contributed by atoms with Crippen molar-refractivity contribution in [3.8, 4) is 11.3 Å². The van der Waals surface area contributed by atoms with Gasteiger partial charge < -0.3 is 14.8 Å². The topological polar surface area (TPSA) is 88.2 Å². The van der Waals surface area contributed by atoms with Crippen LogP contribution in [0.1, 0.15) is 6.42 Å². The third kappa shape index (κ3) is 3.04. The molecule has 6 heteroatoms. The first kappa shape index (κ1) is 11.1. The zero-order chi connectivity index (χ0) is 12.1. The molecule has 0 amide bonds. The minimum absolute atomic E-state index is 0.0467. The first-order valence-corrected chi connectivity index (χ1v) is 5.06. The number of carboxylic acid groups (broad SMARTS) is 1. The summed E-state index contributed by atoms with van der Waals surface area (Å²) in [5.41, 5.74) is 1.58. The van der Waals surface area contributed by atoms with E-state index in [2.05, 4.69) is 15.3 Å². The molecule has 0 aliphatic rings. The summed E-state index contributed by atoms with van der Waals surface area (Å²) in [7, 11) is 0. The van der Waals surface area contributed by atoms with E-state index in [0.717, 1.165) is 11.3 Å². The lowest BCUT2D eigenvalue weighted by Crippen LogP contribution is -2.08. The fourth-order valence-corrected chi connectivity index (χ4v) is 1.32. The number of hydrogen-bond acceptors (Lipinski definition) is 5. The highest BCUT2D eigenvalue weighted by Gasteiger charge is 2.03. The van der Waals surface area contributed by atoms with E-state index in [-0.39, 0.29) is 6.42 Å². The van der Waals surface area contributed by atoms with Crippen molar-refractivity contribution in [2.75, 3.05) is 11.9 Å². The molecule has 0 spiro atoms. The number of aliphatic carboxylic acids is 1. The Hall–Kier alpha value is -2.37. The number of carbonyl (C=O) groups is 1. The molecule has 2 N–H and O–H groups in total. The highest BCUT2D eigenvalue weighted by atomic mass is 16.4. The molecular weight excluding hydrogens is 222 g/mol. The molecule has 0 radical (unpaired) electrons. The predicted octanol–water partition coefficient (Wildman–Crippen LogP) is 1.62.